The molecule has 0 unspecified atom stereocenters. The molecule has 2 aliphatic rings. The van der Waals surface area contributed by atoms with Crippen molar-refractivity contribution < 1.29 is 19.4 Å². The predicted octanol–water partition coefficient (Wildman–Crippen LogP) is 0.0126. The third-order valence-electron chi connectivity index (χ3n) is 3.91. The van der Waals surface area contributed by atoms with Crippen LogP contribution in [-0.2, 0) is 20.9 Å². The van der Waals surface area contributed by atoms with Gasteiger partial charge < -0.3 is 20.1 Å². The number of hydrogen-bond donors (Lipinski definition) is 2. The van der Waals surface area contributed by atoms with E-state index in [1.807, 2.05) is 30.3 Å². The Balaban J connectivity index is 1.79. The average molecular weight is 290 g/mol. The van der Waals surface area contributed by atoms with Crippen LogP contribution in [0.3, 0.4) is 0 Å². The van der Waals surface area contributed by atoms with Crippen LogP contribution >= 0.6 is 0 Å². The lowest BCUT2D eigenvalue weighted by Crippen LogP contribution is -2.66. The average Bonchev–Trinajstić information content (AvgIpc) is 2.89. The fourth-order valence-corrected chi connectivity index (χ4v) is 2.89. The summed E-state index contributed by atoms with van der Waals surface area (Å²) < 4.78 is 5.62. The molecule has 112 valence electrons. The van der Waals surface area contributed by atoms with Crippen LogP contribution in [0, 0.1) is 0 Å². The van der Waals surface area contributed by atoms with Gasteiger partial charge in [0.1, 0.15) is 6.54 Å². The number of rotatable bonds is 3. The second-order valence-electron chi connectivity index (χ2n) is 5.48. The number of carbonyl (C=O) groups is 2. The highest BCUT2D eigenvalue weighted by molar-refractivity contribution is 5.97. The summed E-state index contributed by atoms with van der Waals surface area (Å²) in [6, 6.07) is 9.53. The highest BCUT2D eigenvalue weighted by Gasteiger charge is 2.52. The zero-order valence-electron chi connectivity index (χ0n) is 11.6. The van der Waals surface area contributed by atoms with Crippen molar-refractivity contribution in [1.29, 1.82) is 0 Å². The number of nitrogens with zero attached hydrogens (tertiary/aromatic N) is 1. The molecule has 21 heavy (non-hydrogen) atoms. The smallest absolute Gasteiger partial charge is 0.276 e. The number of piperazine rings is 1. The Morgan fingerprint density at radius 1 is 1.33 bits per heavy atom. The van der Waals surface area contributed by atoms with Gasteiger partial charge in [-0.25, -0.2) is 0 Å². The van der Waals surface area contributed by atoms with E-state index in [9.17, 15) is 14.7 Å². The van der Waals surface area contributed by atoms with E-state index in [1.54, 1.807) is 0 Å². The topological polar surface area (TPSA) is 78.9 Å². The van der Waals surface area contributed by atoms with E-state index in [1.165, 1.54) is 4.90 Å². The zero-order valence-corrected chi connectivity index (χ0v) is 11.6. The van der Waals surface area contributed by atoms with Crippen LogP contribution < -0.4 is 5.32 Å². The van der Waals surface area contributed by atoms with Gasteiger partial charge in [0.15, 0.2) is 0 Å². The molecular weight excluding hydrogens is 272 g/mol. The Hall–Kier alpha value is -1.92. The molecule has 0 saturated carbocycles. The van der Waals surface area contributed by atoms with Crippen molar-refractivity contribution in [3.63, 3.8) is 0 Å². The Morgan fingerprint density at radius 2 is 2.10 bits per heavy atom. The van der Waals surface area contributed by atoms with E-state index in [4.69, 9.17) is 4.74 Å². The van der Waals surface area contributed by atoms with E-state index in [-0.39, 0.29) is 25.0 Å². The molecule has 6 heteroatoms. The Labute approximate surface area is 122 Å². The third kappa shape index (κ3) is 2.64. The number of hydrogen-bond acceptors (Lipinski definition) is 4. The standard InChI is InChI=1S/C15H18N2O4/c18-10-12-6-7-15(21-12)14(20)17(9-13(19)16-15)8-11-4-2-1-3-5-11/h1-5,12,18H,6-10H2,(H,16,19)/t12-,15+/m0/s1. The van der Waals surface area contributed by atoms with E-state index < -0.39 is 11.8 Å². The van der Waals surface area contributed by atoms with Crippen molar-refractivity contribution in [2.75, 3.05) is 13.2 Å². The molecule has 2 amide bonds. The van der Waals surface area contributed by atoms with Gasteiger partial charge in [0.2, 0.25) is 11.6 Å². The number of ether oxygens (including phenoxy) is 1. The van der Waals surface area contributed by atoms with Crippen molar-refractivity contribution in [3.05, 3.63) is 35.9 Å². The van der Waals surface area contributed by atoms with Gasteiger partial charge in [0.25, 0.3) is 5.91 Å². The lowest BCUT2D eigenvalue weighted by molar-refractivity contribution is -0.175. The van der Waals surface area contributed by atoms with Crippen LogP contribution in [0.4, 0.5) is 0 Å². The first-order chi connectivity index (χ1) is 10.1. The molecule has 1 spiro atoms. The second-order valence-corrected chi connectivity index (χ2v) is 5.48. The normalized spacial score (nSPS) is 29.0. The molecule has 0 radical (unpaired) electrons. The van der Waals surface area contributed by atoms with Crippen LogP contribution in [0.5, 0.6) is 0 Å². The maximum atomic E-state index is 12.7. The molecule has 1 aromatic rings. The maximum absolute atomic E-state index is 12.7. The van der Waals surface area contributed by atoms with E-state index in [2.05, 4.69) is 5.32 Å². The molecule has 0 bridgehead atoms. The molecule has 2 atom stereocenters. The van der Waals surface area contributed by atoms with Crippen molar-refractivity contribution in [3.8, 4) is 0 Å². The van der Waals surface area contributed by atoms with Crippen molar-refractivity contribution in [2.45, 2.75) is 31.2 Å². The predicted molar refractivity (Wildman–Crippen MR) is 73.9 cm³/mol. The van der Waals surface area contributed by atoms with Crippen LogP contribution in [0.2, 0.25) is 0 Å². The SMILES string of the molecule is O=C1CN(Cc2ccccc2)C(=O)[C@]2(CC[C@@H](CO)O2)N1. The molecule has 6 nitrogen and oxygen atoms in total. The largest absolute Gasteiger partial charge is 0.394 e. The summed E-state index contributed by atoms with van der Waals surface area (Å²) in [7, 11) is 0. The minimum Gasteiger partial charge on any atom is -0.394 e. The number of benzene rings is 1. The van der Waals surface area contributed by atoms with Crippen LogP contribution in [-0.4, -0.2) is 46.8 Å². The van der Waals surface area contributed by atoms with Gasteiger partial charge in [-0.2, -0.15) is 0 Å². The summed E-state index contributed by atoms with van der Waals surface area (Å²) in [5.41, 5.74) is -0.329. The summed E-state index contributed by atoms with van der Waals surface area (Å²) in [5.74, 6) is -0.467. The first kappa shape index (κ1) is 14.0. The summed E-state index contributed by atoms with van der Waals surface area (Å²) >= 11 is 0. The van der Waals surface area contributed by atoms with E-state index in [0.29, 0.717) is 19.4 Å². The lowest BCUT2D eigenvalue weighted by atomic mass is 10.0. The molecule has 2 saturated heterocycles. The highest BCUT2D eigenvalue weighted by atomic mass is 16.5. The Bertz CT molecular complexity index is 548. The van der Waals surface area contributed by atoms with Gasteiger partial charge in [-0.15, -0.1) is 0 Å². The van der Waals surface area contributed by atoms with E-state index >= 15 is 0 Å². The fourth-order valence-electron chi connectivity index (χ4n) is 2.89. The molecule has 2 heterocycles. The molecule has 0 aliphatic carbocycles. The first-order valence-corrected chi connectivity index (χ1v) is 7.06. The number of aliphatic hydroxyl groups excluding tert-OH is 1. The molecule has 2 aliphatic heterocycles. The number of nitrogens with one attached hydrogen (secondary N) is 1. The molecular formula is C15H18N2O4. The van der Waals surface area contributed by atoms with Crippen molar-refractivity contribution in [2.24, 2.45) is 0 Å². The van der Waals surface area contributed by atoms with Crippen molar-refractivity contribution in [1.82, 2.24) is 10.2 Å². The lowest BCUT2D eigenvalue weighted by Gasteiger charge is -2.39. The molecule has 1 aromatic carbocycles. The van der Waals surface area contributed by atoms with Crippen LogP contribution in [0.25, 0.3) is 0 Å². The summed E-state index contributed by atoms with van der Waals surface area (Å²) in [6.45, 7) is 0.258. The summed E-state index contributed by atoms with van der Waals surface area (Å²) in [6.07, 6.45) is 0.557. The van der Waals surface area contributed by atoms with Crippen LogP contribution in [0.15, 0.2) is 30.3 Å². The molecule has 2 fully saturated rings. The van der Waals surface area contributed by atoms with Gasteiger partial charge in [0, 0.05) is 13.0 Å². The van der Waals surface area contributed by atoms with Gasteiger partial charge in [-0.05, 0) is 12.0 Å². The highest BCUT2D eigenvalue weighted by Crippen LogP contribution is 2.32. The fraction of sp³-hybridized carbons (Fsp3) is 0.467. The molecule has 3 rings (SSSR count). The second kappa shape index (κ2) is 5.46. The minimum atomic E-state index is -1.29. The quantitative estimate of drug-likeness (QED) is 0.822. The molecule has 2 N–H and O–H groups in total. The molecule has 0 aromatic heterocycles. The number of carbonyl (C=O) groups excluding carboxylic acids is 2. The summed E-state index contributed by atoms with van der Waals surface area (Å²) in [4.78, 5) is 26.1. The van der Waals surface area contributed by atoms with Gasteiger partial charge in [0.05, 0.1) is 12.7 Å². The van der Waals surface area contributed by atoms with Crippen LogP contribution in [0.1, 0.15) is 18.4 Å². The minimum absolute atomic E-state index is 0.0304. The van der Waals surface area contributed by atoms with Gasteiger partial charge >= 0.3 is 0 Å². The zero-order chi connectivity index (χ0) is 14.9. The van der Waals surface area contributed by atoms with Gasteiger partial charge in [-0.3, -0.25) is 9.59 Å². The number of aliphatic hydroxyl groups is 1. The maximum Gasteiger partial charge on any atom is 0.276 e. The van der Waals surface area contributed by atoms with E-state index in [0.717, 1.165) is 5.56 Å². The summed E-state index contributed by atoms with van der Waals surface area (Å²) in [5, 5.41) is 11.8. The number of amides is 2. The van der Waals surface area contributed by atoms with Gasteiger partial charge in [-0.1, -0.05) is 30.3 Å². The Kier molecular flexibility index (Phi) is 3.65. The van der Waals surface area contributed by atoms with Crippen molar-refractivity contribution >= 4 is 11.8 Å². The first-order valence-electron chi connectivity index (χ1n) is 7.06. The third-order valence-corrected chi connectivity index (χ3v) is 3.91. The monoisotopic (exact) mass is 290 g/mol. The Morgan fingerprint density at radius 3 is 2.76 bits per heavy atom.